The molecule has 0 aliphatic heterocycles. The highest BCUT2D eigenvalue weighted by molar-refractivity contribution is 5.87. The third kappa shape index (κ3) is 7.87. The van der Waals surface area contributed by atoms with Gasteiger partial charge in [0, 0.05) is 6.08 Å². The van der Waals surface area contributed by atoms with E-state index in [9.17, 15) is 9.90 Å². The van der Waals surface area contributed by atoms with Gasteiger partial charge in [-0.2, -0.15) is 0 Å². The monoisotopic (exact) mass is 304 g/mol. The number of benzene rings is 1. The summed E-state index contributed by atoms with van der Waals surface area (Å²) in [6.07, 6.45) is 11.6. The summed E-state index contributed by atoms with van der Waals surface area (Å²) in [5.41, 5.74) is 1.67. The van der Waals surface area contributed by atoms with E-state index in [-0.39, 0.29) is 11.7 Å². The zero-order valence-electron chi connectivity index (χ0n) is 13.8. The lowest BCUT2D eigenvalue weighted by Crippen LogP contribution is -2.02. The number of ether oxygens (including phenoxy) is 1. The number of carbonyl (C=O) groups excluding carboxylic acids is 1. The maximum atomic E-state index is 11.6. The minimum absolute atomic E-state index is 0.263. The van der Waals surface area contributed by atoms with Crippen molar-refractivity contribution in [1.29, 1.82) is 0 Å². The molecule has 0 bridgehead atoms. The van der Waals surface area contributed by atoms with Crippen molar-refractivity contribution in [3.8, 4) is 5.75 Å². The van der Waals surface area contributed by atoms with E-state index in [0.29, 0.717) is 6.61 Å². The molecule has 22 heavy (non-hydrogen) atoms. The summed E-state index contributed by atoms with van der Waals surface area (Å²) in [5.74, 6) is -0.0459. The highest BCUT2D eigenvalue weighted by Gasteiger charge is 1.99. The standard InChI is InChI=1S/C19H28O3/c1-3-4-5-6-7-8-9-14-22-19(21)13-11-17-10-12-18(20)16(2)15-17/h10-13,15,20H,3-9,14H2,1-2H3/b13-11+. The van der Waals surface area contributed by atoms with Gasteiger partial charge in [0.1, 0.15) is 5.75 Å². The number of phenols is 1. The number of phenolic OH excluding ortho intramolecular Hbond substituents is 1. The zero-order chi connectivity index (χ0) is 16.2. The van der Waals surface area contributed by atoms with E-state index in [4.69, 9.17) is 4.74 Å². The predicted molar refractivity (Wildman–Crippen MR) is 90.8 cm³/mol. The summed E-state index contributed by atoms with van der Waals surface area (Å²) >= 11 is 0. The Morgan fingerprint density at radius 1 is 1.14 bits per heavy atom. The van der Waals surface area contributed by atoms with Crippen LogP contribution in [0, 0.1) is 6.92 Å². The molecule has 1 aromatic rings. The van der Waals surface area contributed by atoms with Crippen LogP contribution in [-0.2, 0) is 9.53 Å². The fourth-order valence-electron chi connectivity index (χ4n) is 2.23. The molecule has 0 amide bonds. The highest BCUT2D eigenvalue weighted by Crippen LogP contribution is 2.17. The second-order valence-electron chi connectivity index (χ2n) is 5.67. The molecule has 0 saturated heterocycles. The number of esters is 1. The van der Waals surface area contributed by atoms with Gasteiger partial charge in [0.2, 0.25) is 0 Å². The summed E-state index contributed by atoms with van der Waals surface area (Å²) in [5, 5.41) is 9.44. The SMILES string of the molecule is CCCCCCCCCOC(=O)/C=C/c1ccc(O)c(C)c1. The van der Waals surface area contributed by atoms with Crippen molar-refractivity contribution in [2.45, 2.75) is 58.8 Å². The fraction of sp³-hybridized carbons (Fsp3) is 0.526. The van der Waals surface area contributed by atoms with Gasteiger partial charge < -0.3 is 9.84 Å². The number of hydrogen-bond donors (Lipinski definition) is 1. The maximum Gasteiger partial charge on any atom is 0.330 e. The van der Waals surface area contributed by atoms with Crippen LogP contribution in [0.4, 0.5) is 0 Å². The molecule has 3 heteroatoms. The molecule has 1 rings (SSSR count). The average molecular weight is 304 g/mol. The molecule has 1 N–H and O–H groups in total. The topological polar surface area (TPSA) is 46.5 Å². The number of unbranched alkanes of at least 4 members (excludes halogenated alkanes) is 6. The fourth-order valence-corrected chi connectivity index (χ4v) is 2.23. The minimum Gasteiger partial charge on any atom is -0.508 e. The van der Waals surface area contributed by atoms with Crippen molar-refractivity contribution in [3.63, 3.8) is 0 Å². The van der Waals surface area contributed by atoms with Crippen LogP contribution in [0.2, 0.25) is 0 Å². The molecule has 0 fully saturated rings. The lowest BCUT2D eigenvalue weighted by molar-refractivity contribution is -0.137. The van der Waals surface area contributed by atoms with Gasteiger partial charge in [-0.3, -0.25) is 0 Å². The molecule has 0 radical (unpaired) electrons. The van der Waals surface area contributed by atoms with E-state index < -0.39 is 0 Å². The van der Waals surface area contributed by atoms with E-state index in [1.165, 1.54) is 38.2 Å². The molecule has 0 saturated carbocycles. The molecule has 0 atom stereocenters. The van der Waals surface area contributed by atoms with E-state index in [1.54, 1.807) is 18.2 Å². The summed E-state index contributed by atoms with van der Waals surface area (Å²) in [4.78, 5) is 11.6. The van der Waals surface area contributed by atoms with Crippen LogP contribution >= 0.6 is 0 Å². The first-order chi connectivity index (χ1) is 10.6. The normalized spacial score (nSPS) is 11.0. The molecule has 1 aromatic carbocycles. The molecular weight excluding hydrogens is 276 g/mol. The van der Waals surface area contributed by atoms with E-state index >= 15 is 0 Å². The third-order valence-electron chi connectivity index (χ3n) is 3.62. The number of carbonyl (C=O) groups is 1. The Hall–Kier alpha value is -1.77. The third-order valence-corrected chi connectivity index (χ3v) is 3.62. The zero-order valence-corrected chi connectivity index (χ0v) is 13.8. The first kappa shape index (κ1) is 18.3. The second kappa shape index (κ2) is 10.9. The van der Waals surface area contributed by atoms with Crippen LogP contribution in [0.25, 0.3) is 6.08 Å². The molecule has 0 unspecified atom stereocenters. The van der Waals surface area contributed by atoms with Crippen LogP contribution in [0.1, 0.15) is 63.0 Å². The quantitative estimate of drug-likeness (QED) is 0.375. The molecule has 3 nitrogen and oxygen atoms in total. The summed E-state index contributed by atoms with van der Waals surface area (Å²) in [6.45, 7) is 4.53. The largest absolute Gasteiger partial charge is 0.508 e. The predicted octanol–water partition coefficient (Wildman–Crippen LogP) is 5.01. The van der Waals surface area contributed by atoms with Gasteiger partial charge in [0.25, 0.3) is 0 Å². The molecule has 0 spiro atoms. The minimum atomic E-state index is -0.309. The van der Waals surface area contributed by atoms with Gasteiger partial charge in [-0.25, -0.2) is 4.79 Å². The number of hydrogen-bond acceptors (Lipinski definition) is 3. The molecule has 122 valence electrons. The Bertz CT molecular complexity index is 478. The van der Waals surface area contributed by atoms with Crippen LogP contribution in [0.15, 0.2) is 24.3 Å². The Kier molecular flexibility index (Phi) is 9.04. The number of aromatic hydroxyl groups is 1. The molecule has 0 aliphatic carbocycles. The lowest BCUT2D eigenvalue weighted by atomic mass is 10.1. The molecular formula is C19H28O3. The van der Waals surface area contributed by atoms with Crippen LogP contribution in [-0.4, -0.2) is 17.7 Å². The molecule has 0 aromatic heterocycles. The van der Waals surface area contributed by atoms with Gasteiger partial charge >= 0.3 is 5.97 Å². The first-order valence-corrected chi connectivity index (χ1v) is 8.28. The van der Waals surface area contributed by atoms with Gasteiger partial charge in [-0.15, -0.1) is 0 Å². The number of aryl methyl sites for hydroxylation is 1. The van der Waals surface area contributed by atoms with E-state index in [1.807, 2.05) is 13.0 Å². The average Bonchev–Trinajstić information content (AvgIpc) is 2.51. The van der Waals surface area contributed by atoms with Crippen molar-refractivity contribution in [3.05, 3.63) is 35.4 Å². The number of rotatable bonds is 10. The van der Waals surface area contributed by atoms with Gasteiger partial charge in [-0.1, -0.05) is 51.5 Å². The summed E-state index contributed by atoms with van der Waals surface area (Å²) < 4.78 is 5.17. The molecule has 0 heterocycles. The van der Waals surface area contributed by atoms with Crippen molar-refractivity contribution in [1.82, 2.24) is 0 Å². The van der Waals surface area contributed by atoms with Crippen LogP contribution in [0.3, 0.4) is 0 Å². The van der Waals surface area contributed by atoms with Crippen LogP contribution < -0.4 is 0 Å². The van der Waals surface area contributed by atoms with Gasteiger partial charge in [0.05, 0.1) is 6.61 Å². The van der Waals surface area contributed by atoms with Crippen molar-refractivity contribution >= 4 is 12.0 Å². The van der Waals surface area contributed by atoms with Gasteiger partial charge in [-0.05, 0) is 42.7 Å². The Labute approximate surface area is 134 Å². The van der Waals surface area contributed by atoms with E-state index in [0.717, 1.165) is 24.0 Å². The van der Waals surface area contributed by atoms with E-state index in [2.05, 4.69) is 6.92 Å². The van der Waals surface area contributed by atoms with Crippen molar-refractivity contribution < 1.29 is 14.6 Å². The summed E-state index contributed by atoms with van der Waals surface area (Å²) in [6, 6.07) is 5.22. The maximum absolute atomic E-state index is 11.6. The Balaban J connectivity index is 2.15. The smallest absolute Gasteiger partial charge is 0.330 e. The molecule has 0 aliphatic rings. The van der Waals surface area contributed by atoms with Crippen molar-refractivity contribution in [2.24, 2.45) is 0 Å². The second-order valence-corrected chi connectivity index (χ2v) is 5.67. The Morgan fingerprint density at radius 3 is 2.50 bits per heavy atom. The first-order valence-electron chi connectivity index (χ1n) is 8.28. The highest BCUT2D eigenvalue weighted by atomic mass is 16.5. The summed E-state index contributed by atoms with van der Waals surface area (Å²) in [7, 11) is 0. The van der Waals surface area contributed by atoms with Crippen molar-refractivity contribution in [2.75, 3.05) is 6.61 Å². The lowest BCUT2D eigenvalue weighted by Gasteiger charge is -2.03. The van der Waals surface area contributed by atoms with Gasteiger partial charge in [0.15, 0.2) is 0 Å². The Morgan fingerprint density at radius 2 is 1.82 bits per heavy atom. The van der Waals surface area contributed by atoms with Crippen LogP contribution in [0.5, 0.6) is 5.75 Å².